The van der Waals surface area contributed by atoms with Gasteiger partial charge in [-0.15, -0.1) is 0 Å². The summed E-state index contributed by atoms with van der Waals surface area (Å²) in [7, 11) is 0. The average Bonchev–Trinajstić information content (AvgIpc) is 3.50. The summed E-state index contributed by atoms with van der Waals surface area (Å²) >= 11 is 0. The number of likely N-dealkylation sites (tertiary alicyclic amines) is 1. The Morgan fingerprint density at radius 1 is 1.26 bits per heavy atom. The Kier molecular flexibility index (Phi) is 6.27. The summed E-state index contributed by atoms with van der Waals surface area (Å²) in [4.78, 5) is 23.2. The first-order chi connectivity index (χ1) is 16.5. The third-order valence-electron chi connectivity index (χ3n) is 6.85. The first-order valence-electron chi connectivity index (χ1n) is 12.5. The fourth-order valence-electron chi connectivity index (χ4n) is 5.37. The van der Waals surface area contributed by atoms with Crippen LogP contribution in [0.4, 0.5) is 4.79 Å². The molecule has 0 aromatic carbocycles. The molecular weight excluding hydrogens is 450 g/mol. The first kappa shape index (κ1) is 24.4. The number of nitrogens with zero attached hydrogens (tertiary/aromatic N) is 4. The number of ether oxygens (including phenoxy) is 4. The van der Waals surface area contributed by atoms with Gasteiger partial charge in [-0.1, -0.05) is 0 Å². The van der Waals surface area contributed by atoms with Crippen molar-refractivity contribution in [3.8, 4) is 0 Å². The van der Waals surface area contributed by atoms with Crippen molar-refractivity contribution < 1.29 is 23.7 Å². The maximum atomic E-state index is 12.0. The molecule has 10 nitrogen and oxygen atoms in total. The molecule has 0 radical (unpaired) electrons. The van der Waals surface area contributed by atoms with Gasteiger partial charge in [0.2, 0.25) is 0 Å². The summed E-state index contributed by atoms with van der Waals surface area (Å²) in [6.45, 7) is 14.7. The van der Waals surface area contributed by atoms with E-state index in [9.17, 15) is 4.79 Å². The minimum absolute atomic E-state index is 0.135. The van der Waals surface area contributed by atoms with Crippen molar-refractivity contribution in [2.24, 2.45) is 5.92 Å². The van der Waals surface area contributed by atoms with Crippen molar-refractivity contribution in [1.82, 2.24) is 24.8 Å². The smallest absolute Gasteiger partial charge is 0.407 e. The van der Waals surface area contributed by atoms with Crippen molar-refractivity contribution in [2.45, 2.75) is 83.9 Å². The van der Waals surface area contributed by atoms with Crippen LogP contribution in [0.25, 0.3) is 11.0 Å². The van der Waals surface area contributed by atoms with E-state index >= 15 is 0 Å². The molecule has 0 spiro atoms. The highest BCUT2D eigenvalue weighted by molar-refractivity contribution is 5.78. The van der Waals surface area contributed by atoms with E-state index in [0.717, 1.165) is 42.8 Å². The van der Waals surface area contributed by atoms with Crippen LogP contribution in [0.1, 0.15) is 53.0 Å². The first-order valence-corrected chi connectivity index (χ1v) is 12.5. The monoisotopic (exact) mass is 487 g/mol. The van der Waals surface area contributed by atoms with E-state index < -0.39 is 11.4 Å². The molecule has 35 heavy (non-hydrogen) atoms. The number of rotatable bonds is 5. The highest BCUT2D eigenvalue weighted by Crippen LogP contribution is 2.44. The highest BCUT2D eigenvalue weighted by atomic mass is 16.8. The lowest BCUT2D eigenvalue weighted by molar-refractivity contribution is -0.197. The summed E-state index contributed by atoms with van der Waals surface area (Å²) in [6.07, 6.45) is 3.38. The van der Waals surface area contributed by atoms with Gasteiger partial charge in [0.05, 0.1) is 5.69 Å². The van der Waals surface area contributed by atoms with E-state index in [4.69, 9.17) is 18.9 Å². The summed E-state index contributed by atoms with van der Waals surface area (Å²) in [5.74, 6) is -0.297. The van der Waals surface area contributed by atoms with Crippen LogP contribution < -0.4 is 5.32 Å². The Labute approximate surface area is 206 Å². The molecule has 1 amide bonds. The van der Waals surface area contributed by atoms with Crippen LogP contribution in [0.15, 0.2) is 18.6 Å². The molecule has 0 saturated carbocycles. The van der Waals surface area contributed by atoms with Gasteiger partial charge in [0.25, 0.3) is 0 Å². The second-order valence-electron chi connectivity index (χ2n) is 11.3. The number of nitrogens with one attached hydrogen (secondary N) is 1. The average molecular weight is 488 g/mol. The van der Waals surface area contributed by atoms with E-state index in [1.54, 1.807) is 6.33 Å². The molecule has 0 bridgehead atoms. The largest absolute Gasteiger partial charge is 0.444 e. The van der Waals surface area contributed by atoms with Crippen molar-refractivity contribution >= 4 is 17.1 Å². The van der Waals surface area contributed by atoms with E-state index in [0.29, 0.717) is 12.5 Å². The number of alkyl carbamates (subject to hydrolysis) is 1. The van der Waals surface area contributed by atoms with Gasteiger partial charge in [-0.05, 0) is 66.5 Å². The number of aryl methyl sites for hydroxylation is 1. The van der Waals surface area contributed by atoms with Crippen LogP contribution in [-0.2, 0) is 18.9 Å². The van der Waals surface area contributed by atoms with Gasteiger partial charge in [-0.3, -0.25) is 0 Å². The van der Waals surface area contributed by atoms with Crippen LogP contribution in [0.3, 0.4) is 0 Å². The SMILES string of the molecule is Cc1ncnc2c1ccn2[C@@H]1O[C@H](CN2CCC(CNC(=O)OC(C)(C)C)C2)[C@H]2OC(C)(C)O[C@H]21. The predicted octanol–water partition coefficient (Wildman–Crippen LogP) is 3.00. The van der Waals surface area contributed by atoms with Gasteiger partial charge in [0.1, 0.15) is 35.9 Å². The van der Waals surface area contributed by atoms with Crippen LogP contribution in [0, 0.1) is 12.8 Å². The highest BCUT2D eigenvalue weighted by Gasteiger charge is 2.56. The van der Waals surface area contributed by atoms with Crippen LogP contribution in [-0.4, -0.2) is 81.4 Å². The maximum Gasteiger partial charge on any atom is 0.407 e. The quantitative estimate of drug-likeness (QED) is 0.687. The van der Waals surface area contributed by atoms with Crippen LogP contribution >= 0.6 is 0 Å². The molecule has 3 saturated heterocycles. The zero-order valence-electron chi connectivity index (χ0n) is 21.5. The minimum Gasteiger partial charge on any atom is -0.444 e. The lowest BCUT2D eigenvalue weighted by Gasteiger charge is -2.27. The molecule has 5 atom stereocenters. The molecule has 3 fully saturated rings. The van der Waals surface area contributed by atoms with E-state index in [1.165, 1.54) is 0 Å². The number of carbonyl (C=O) groups is 1. The molecule has 0 aliphatic carbocycles. The summed E-state index contributed by atoms with van der Waals surface area (Å²) in [5.41, 5.74) is 1.28. The number of fused-ring (bicyclic) bond motifs is 2. The van der Waals surface area contributed by atoms with Crippen molar-refractivity contribution in [3.05, 3.63) is 24.3 Å². The lowest BCUT2D eigenvalue weighted by atomic mass is 10.1. The molecular formula is C25H37N5O5. The second-order valence-corrected chi connectivity index (χ2v) is 11.3. The summed E-state index contributed by atoms with van der Waals surface area (Å²) in [5, 5.41) is 3.92. The zero-order chi connectivity index (χ0) is 25.0. The molecule has 5 rings (SSSR count). The third kappa shape index (κ3) is 5.16. The molecule has 192 valence electrons. The van der Waals surface area contributed by atoms with Crippen molar-refractivity contribution in [1.29, 1.82) is 0 Å². The van der Waals surface area contributed by atoms with Gasteiger partial charge in [0.15, 0.2) is 12.0 Å². The Hall–Kier alpha value is -2.27. The zero-order valence-corrected chi connectivity index (χ0v) is 21.5. The van der Waals surface area contributed by atoms with Crippen LogP contribution in [0.5, 0.6) is 0 Å². The topological polar surface area (TPSA) is 100.0 Å². The molecule has 10 heteroatoms. The number of hydrogen-bond donors (Lipinski definition) is 1. The number of aromatic nitrogens is 3. The fourth-order valence-corrected chi connectivity index (χ4v) is 5.37. The van der Waals surface area contributed by atoms with Gasteiger partial charge < -0.3 is 33.7 Å². The molecule has 1 unspecified atom stereocenters. The number of hydrogen-bond acceptors (Lipinski definition) is 8. The summed E-state index contributed by atoms with van der Waals surface area (Å²) < 4.78 is 26.6. The van der Waals surface area contributed by atoms with Crippen molar-refractivity contribution in [2.75, 3.05) is 26.2 Å². The molecule has 2 aromatic rings. The molecule has 3 aliphatic rings. The Morgan fingerprint density at radius 3 is 2.80 bits per heavy atom. The van der Waals surface area contributed by atoms with E-state index in [2.05, 4.69) is 20.2 Å². The summed E-state index contributed by atoms with van der Waals surface area (Å²) in [6, 6.07) is 2.03. The fraction of sp³-hybridized carbons (Fsp3) is 0.720. The van der Waals surface area contributed by atoms with Crippen LogP contribution in [0.2, 0.25) is 0 Å². The van der Waals surface area contributed by atoms with Gasteiger partial charge in [0, 0.05) is 31.2 Å². The Bertz CT molecular complexity index is 1080. The van der Waals surface area contributed by atoms with E-state index in [-0.39, 0.29) is 30.6 Å². The standard InChI is InChI=1S/C25H37N5O5/c1-15-17-8-10-30(21(17)28-14-27-15)22-20-19(33-25(5,6)34-20)18(32-22)13-29-9-7-16(12-29)11-26-23(31)35-24(2,3)4/h8,10,14,16,18-20,22H,7,9,11-13H2,1-6H3,(H,26,31)/t16?,18-,19-,20-,22-/m1/s1. The third-order valence-corrected chi connectivity index (χ3v) is 6.85. The van der Waals surface area contributed by atoms with Gasteiger partial charge in [-0.25, -0.2) is 14.8 Å². The lowest BCUT2D eigenvalue weighted by Crippen LogP contribution is -2.40. The van der Waals surface area contributed by atoms with E-state index in [1.807, 2.05) is 58.4 Å². The normalized spacial score (nSPS) is 30.6. The molecule has 1 N–H and O–H groups in total. The molecule has 3 aliphatic heterocycles. The maximum absolute atomic E-state index is 12.0. The Balaban J connectivity index is 1.24. The second kappa shape index (κ2) is 8.99. The molecule has 5 heterocycles. The predicted molar refractivity (Wildman–Crippen MR) is 129 cm³/mol. The number of amides is 1. The number of carbonyl (C=O) groups excluding carboxylic acids is 1. The van der Waals surface area contributed by atoms with Gasteiger partial charge in [-0.2, -0.15) is 0 Å². The Morgan fingerprint density at radius 2 is 2.03 bits per heavy atom. The molecule has 2 aromatic heterocycles. The van der Waals surface area contributed by atoms with Gasteiger partial charge >= 0.3 is 6.09 Å². The minimum atomic E-state index is -0.672. The van der Waals surface area contributed by atoms with Crippen molar-refractivity contribution in [3.63, 3.8) is 0 Å².